The molecule has 0 aromatic carbocycles. The number of aromatic nitrogens is 2. The smallest absolute Gasteiger partial charge is 0.264 e. The predicted molar refractivity (Wildman–Crippen MR) is 102 cm³/mol. The van der Waals surface area contributed by atoms with Crippen molar-refractivity contribution in [3.63, 3.8) is 0 Å². The molecule has 138 valence electrons. The van der Waals surface area contributed by atoms with E-state index in [1.807, 2.05) is 23.3 Å². The van der Waals surface area contributed by atoms with Crippen LogP contribution in [0.1, 0.15) is 32.2 Å². The molecule has 0 atom stereocenters. The average Bonchev–Trinajstić information content (AvgIpc) is 2.96. The molecule has 1 amide bonds. The molecule has 2 aliphatic rings. The quantitative estimate of drug-likeness (QED) is 0.809. The van der Waals surface area contributed by atoms with E-state index >= 15 is 0 Å². The minimum atomic E-state index is 0.143. The van der Waals surface area contributed by atoms with Crippen LogP contribution in [0.25, 0.3) is 0 Å². The standard InChI is InChI=1S/C19H24N4O2S/c1-13-5-12-26-17(13)18(24)22-6-3-15-14(2)20-19(21-16(15)4-7-22)23-8-10-25-11-9-23/h5,12H,3-4,6-11H2,1-2H3. The first kappa shape index (κ1) is 17.4. The molecule has 4 rings (SSSR count). The third kappa shape index (κ3) is 3.33. The molecular weight excluding hydrogens is 348 g/mol. The molecule has 0 aliphatic carbocycles. The molecule has 1 fully saturated rings. The summed E-state index contributed by atoms with van der Waals surface area (Å²) in [7, 11) is 0. The average molecular weight is 372 g/mol. The summed E-state index contributed by atoms with van der Waals surface area (Å²) in [5.41, 5.74) is 4.41. The largest absolute Gasteiger partial charge is 0.378 e. The summed E-state index contributed by atoms with van der Waals surface area (Å²) >= 11 is 1.53. The first-order chi connectivity index (χ1) is 12.6. The summed E-state index contributed by atoms with van der Waals surface area (Å²) in [6.07, 6.45) is 1.60. The third-order valence-electron chi connectivity index (χ3n) is 5.18. The van der Waals surface area contributed by atoms with E-state index in [0.29, 0.717) is 6.54 Å². The highest BCUT2D eigenvalue weighted by Crippen LogP contribution is 2.23. The van der Waals surface area contributed by atoms with Crippen molar-refractivity contribution >= 4 is 23.2 Å². The van der Waals surface area contributed by atoms with Gasteiger partial charge in [0.15, 0.2) is 0 Å². The molecule has 4 heterocycles. The maximum Gasteiger partial charge on any atom is 0.264 e. The number of carbonyl (C=O) groups excluding carboxylic acids is 1. The summed E-state index contributed by atoms with van der Waals surface area (Å²) in [5, 5.41) is 1.99. The van der Waals surface area contributed by atoms with Gasteiger partial charge in [-0.05, 0) is 42.8 Å². The van der Waals surface area contributed by atoms with Gasteiger partial charge in [0.05, 0.1) is 23.8 Å². The zero-order valence-electron chi connectivity index (χ0n) is 15.3. The number of thiophene rings is 1. The Morgan fingerprint density at radius 1 is 1.12 bits per heavy atom. The molecule has 2 aromatic rings. The summed E-state index contributed by atoms with van der Waals surface area (Å²) < 4.78 is 5.43. The molecule has 26 heavy (non-hydrogen) atoms. The van der Waals surface area contributed by atoms with E-state index in [1.165, 1.54) is 16.9 Å². The fourth-order valence-corrected chi connectivity index (χ4v) is 4.51. The van der Waals surface area contributed by atoms with Gasteiger partial charge in [-0.25, -0.2) is 9.97 Å². The first-order valence-electron chi connectivity index (χ1n) is 9.16. The Kier molecular flexibility index (Phi) is 4.91. The number of ether oxygens (including phenoxy) is 1. The second-order valence-corrected chi connectivity index (χ2v) is 7.77. The van der Waals surface area contributed by atoms with Crippen molar-refractivity contribution in [3.8, 4) is 0 Å². The van der Waals surface area contributed by atoms with E-state index in [4.69, 9.17) is 14.7 Å². The van der Waals surface area contributed by atoms with E-state index in [2.05, 4.69) is 11.8 Å². The summed E-state index contributed by atoms with van der Waals surface area (Å²) in [5.74, 6) is 0.947. The van der Waals surface area contributed by atoms with Gasteiger partial charge in [0.25, 0.3) is 5.91 Å². The number of nitrogens with zero attached hydrogens (tertiary/aromatic N) is 4. The lowest BCUT2D eigenvalue weighted by Crippen LogP contribution is -2.37. The number of carbonyl (C=O) groups is 1. The van der Waals surface area contributed by atoms with Gasteiger partial charge in [0.1, 0.15) is 0 Å². The number of aryl methyl sites for hydroxylation is 2. The van der Waals surface area contributed by atoms with E-state index in [9.17, 15) is 4.79 Å². The SMILES string of the molecule is Cc1ccsc1C(=O)N1CCc2nc(N3CCOCC3)nc(C)c2CC1. The lowest BCUT2D eigenvalue weighted by atomic mass is 10.1. The summed E-state index contributed by atoms with van der Waals surface area (Å²) in [6.45, 7) is 8.61. The van der Waals surface area contributed by atoms with E-state index < -0.39 is 0 Å². The van der Waals surface area contributed by atoms with Crippen LogP contribution < -0.4 is 4.90 Å². The number of amides is 1. The number of rotatable bonds is 2. The van der Waals surface area contributed by atoms with E-state index in [1.54, 1.807) is 0 Å². The van der Waals surface area contributed by atoms with Crippen LogP contribution in [-0.4, -0.2) is 60.2 Å². The summed E-state index contributed by atoms with van der Waals surface area (Å²) in [6, 6.07) is 2.01. The van der Waals surface area contributed by atoms with Gasteiger partial charge in [0, 0.05) is 38.3 Å². The molecule has 0 bridgehead atoms. The Bertz CT molecular complexity index is 814. The minimum absolute atomic E-state index is 0.143. The molecule has 0 unspecified atom stereocenters. The zero-order chi connectivity index (χ0) is 18.1. The minimum Gasteiger partial charge on any atom is -0.378 e. The van der Waals surface area contributed by atoms with Crippen molar-refractivity contribution in [1.29, 1.82) is 0 Å². The fourth-order valence-electron chi connectivity index (χ4n) is 3.61. The maximum absolute atomic E-state index is 12.9. The first-order valence-corrected chi connectivity index (χ1v) is 10.0. The number of morpholine rings is 1. The molecule has 7 heteroatoms. The van der Waals surface area contributed by atoms with Crippen LogP contribution in [0, 0.1) is 13.8 Å². The maximum atomic E-state index is 12.9. The lowest BCUT2D eigenvalue weighted by molar-refractivity contribution is 0.0767. The van der Waals surface area contributed by atoms with Crippen molar-refractivity contribution < 1.29 is 9.53 Å². The highest BCUT2D eigenvalue weighted by Gasteiger charge is 2.25. The van der Waals surface area contributed by atoms with Crippen molar-refractivity contribution in [2.24, 2.45) is 0 Å². The van der Waals surface area contributed by atoms with Gasteiger partial charge in [0.2, 0.25) is 5.95 Å². The number of hydrogen-bond donors (Lipinski definition) is 0. The molecular formula is C19H24N4O2S. The van der Waals surface area contributed by atoms with Gasteiger partial charge < -0.3 is 14.5 Å². The van der Waals surface area contributed by atoms with Gasteiger partial charge >= 0.3 is 0 Å². The van der Waals surface area contributed by atoms with Crippen LogP contribution in [0.4, 0.5) is 5.95 Å². The normalized spacial score (nSPS) is 17.8. The Labute approximate surface area is 157 Å². The van der Waals surface area contributed by atoms with Gasteiger partial charge in [-0.15, -0.1) is 11.3 Å². The third-order valence-corrected chi connectivity index (χ3v) is 6.18. The fraction of sp³-hybridized carbons (Fsp3) is 0.526. The van der Waals surface area contributed by atoms with Gasteiger partial charge in [-0.1, -0.05) is 0 Å². The Hall–Kier alpha value is -1.99. The van der Waals surface area contributed by atoms with Crippen LogP contribution in [0.3, 0.4) is 0 Å². The molecule has 0 spiro atoms. The Morgan fingerprint density at radius 3 is 2.62 bits per heavy atom. The molecule has 0 N–H and O–H groups in total. The van der Waals surface area contributed by atoms with Crippen molar-refractivity contribution in [1.82, 2.24) is 14.9 Å². The molecule has 2 aromatic heterocycles. The highest BCUT2D eigenvalue weighted by atomic mass is 32.1. The Morgan fingerprint density at radius 2 is 1.88 bits per heavy atom. The topological polar surface area (TPSA) is 58.6 Å². The second kappa shape index (κ2) is 7.32. The molecule has 2 aliphatic heterocycles. The zero-order valence-corrected chi connectivity index (χ0v) is 16.1. The molecule has 0 saturated carbocycles. The second-order valence-electron chi connectivity index (χ2n) is 6.86. The number of hydrogen-bond acceptors (Lipinski definition) is 6. The predicted octanol–water partition coefficient (Wildman–Crippen LogP) is 2.23. The van der Waals surface area contributed by atoms with Crippen molar-refractivity contribution in [2.75, 3.05) is 44.3 Å². The Balaban J connectivity index is 1.55. The lowest BCUT2D eigenvalue weighted by Gasteiger charge is -2.27. The number of anilines is 1. The monoisotopic (exact) mass is 372 g/mol. The van der Waals surface area contributed by atoms with Crippen molar-refractivity contribution in [2.45, 2.75) is 26.7 Å². The van der Waals surface area contributed by atoms with Crippen LogP contribution in [-0.2, 0) is 17.6 Å². The van der Waals surface area contributed by atoms with Crippen LogP contribution in [0.15, 0.2) is 11.4 Å². The molecule has 1 saturated heterocycles. The van der Waals surface area contributed by atoms with E-state index in [0.717, 1.165) is 73.5 Å². The van der Waals surface area contributed by atoms with Crippen molar-refractivity contribution in [3.05, 3.63) is 38.8 Å². The highest BCUT2D eigenvalue weighted by molar-refractivity contribution is 7.12. The number of fused-ring (bicyclic) bond motifs is 1. The van der Waals surface area contributed by atoms with Crippen LogP contribution in [0.5, 0.6) is 0 Å². The van der Waals surface area contributed by atoms with Gasteiger partial charge in [-0.3, -0.25) is 4.79 Å². The summed E-state index contributed by atoms with van der Waals surface area (Å²) in [4.78, 5) is 27.5. The van der Waals surface area contributed by atoms with Gasteiger partial charge in [-0.2, -0.15) is 0 Å². The van der Waals surface area contributed by atoms with E-state index in [-0.39, 0.29) is 5.91 Å². The molecule has 0 radical (unpaired) electrons. The molecule has 6 nitrogen and oxygen atoms in total. The van der Waals surface area contributed by atoms with Crippen LogP contribution >= 0.6 is 11.3 Å². The van der Waals surface area contributed by atoms with Crippen LogP contribution in [0.2, 0.25) is 0 Å².